The highest BCUT2D eigenvalue weighted by molar-refractivity contribution is 5.21. The highest BCUT2D eigenvalue weighted by atomic mass is 16.6. The van der Waals surface area contributed by atoms with Crippen molar-refractivity contribution in [3.63, 3.8) is 0 Å². The molecule has 1 N–H and O–H groups in total. The predicted molar refractivity (Wildman–Crippen MR) is 43.2 cm³/mol. The summed E-state index contributed by atoms with van der Waals surface area (Å²) in [5.41, 5.74) is -0.0286. The Labute approximate surface area is 73.9 Å². The number of nitrogens with zero attached hydrogens (tertiary/aromatic N) is 3. The number of rotatable bonds is 2. The number of aromatic nitrogens is 2. The molecular formula is C7H9N3O3. The Morgan fingerprint density at radius 3 is 2.85 bits per heavy atom. The van der Waals surface area contributed by atoms with E-state index in [1.54, 1.807) is 0 Å². The summed E-state index contributed by atoms with van der Waals surface area (Å²) >= 11 is 0. The Balaban J connectivity index is 2.17. The standard InChI is InChI=1S/C7H9N3O3/c11-7-2-1-6(7)9-4-5(3-8-9)10(12)13/h3-4,6-7,11H,1-2H2. The van der Waals surface area contributed by atoms with Gasteiger partial charge in [0.2, 0.25) is 0 Å². The van der Waals surface area contributed by atoms with Gasteiger partial charge in [-0.15, -0.1) is 0 Å². The highest BCUT2D eigenvalue weighted by Gasteiger charge is 2.31. The van der Waals surface area contributed by atoms with Gasteiger partial charge in [-0.1, -0.05) is 0 Å². The van der Waals surface area contributed by atoms with Crippen LogP contribution in [0.2, 0.25) is 0 Å². The lowest BCUT2D eigenvalue weighted by atomic mass is 9.89. The van der Waals surface area contributed by atoms with Crippen LogP contribution >= 0.6 is 0 Å². The summed E-state index contributed by atoms with van der Waals surface area (Å²) in [5.74, 6) is 0. The van der Waals surface area contributed by atoms with Gasteiger partial charge in [0.25, 0.3) is 0 Å². The second-order valence-corrected chi connectivity index (χ2v) is 3.15. The average Bonchev–Trinajstić information content (AvgIpc) is 2.50. The lowest BCUT2D eigenvalue weighted by molar-refractivity contribution is -0.385. The molecule has 6 heteroatoms. The number of aliphatic hydroxyl groups is 1. The molecule has 0 bridgehead atoms. The molecule has 70 valence electrons. The van der Waals surface area contributed by atoms with Crippen LogP contribution in [0.25, 0.3) is 0 Å². The van der Waals surface area contributed by atoms with E-state index >= 15 is 0 Å². The maximum Gasteiger partial charge on any atom is 0.307 e. The van der Waals surface area contributed by atoms with E-state index in [1.165, 1.54) is 17.1 Å². The second kappa shape index (κ2) is 2.81. The summed E-state index contributed by atoms with van der Waals surface area (Å²) in [5, 5.41) is 23.4. The van der Waals surface area contributed by atoms with Crippen molar-refractivity contribution < 1.29 is 10.0 Å². The normalized spacial score (nSPS) is 26.8. The molecule has 1 aromatic heterocycles. The second-order valence-electron chi connectivity index (χ2n) is 3.15. The quantitative estimate of drug-likeness (QED) is 0.534. The molecule has 0 spiro atoms. The van der Waals surface area contributed by atoms with Crippen molar-refractivity contribution in [1.82, 2.24) is 9.78 Å². The summed E-state index contributed by atoms with van der Waals surface area (Å²) in [6.45, 7) is 0. The van der Waals surface area contributed by atoms with E-state index in [-0.39, 0.29) is 11.7 Å². The maximum atomic E-state index is 10.3. The van der Waals surface area contributed by atoms with Gasteiger partial charge in [-0.2, -0.15) is 5.10 Å². The molecule has 0 aromatic carbocycles. The SMILES string of the molecule is O=[N+]([O-])c1cnn(C2CCC2O)c1. The third-order valence-corrected chi connectivity index (χ3v) is 2.34. The van der Waals surface area contributed by atoms with Crippen LogP contribution in [0.15, 0.2) is 12.4 Å². The van der Waals surface area contributed by atoms with Gasteiger partial charge in [0, 0.05) is 0 Å². The summed E-state index contributed by atoms with van der Waals surface area (Å²) < 4.78 is 1.46. The lowest BCUT2D eigenvalue weighted by Crippen LogP contribution is -2.33. The minimum atomic E-state index is -0.492. The zero-order valence-corrected chi connectivity index (χ0v) is 6.83. The van der Waals surface area contributed by atoms with E-state index in [2.05, 4.69) is 5.10 Å². The van der Waals surface area contributed by atoms with Gasteiger partial charge in [-0.25, -0.2) is 0 Å². The number of hydrogen-bond donors (Lipinski definition) is 1. The summed E-state index contributed by atoms with van der Waals surface area (Å²) in [7, 11) is 0. The van der Waals surface area contributed by atoms with E-state index in [1.807, 2.05) is 0 Å². The lowest BCUT2D eigenvalue weighted by Gasteiger charge is -2.31. The van der Waals surface area contributed by atoms with Crippen LogP contribution in [-0.4, -0.2) is 25.9 Å². The van der Waals surface area contributed by atoms with Crippen molar-refractivity contribution in [3.8, 4) is 0 Å². The molecule has 1 aliphatic carbocycles. The summed E-state index contributed by atoms with van der Waals surface area (Å²) in [4.78, 5) is 9.82. The predicted octanol–water partition coefficient (Wildman–Crippen LogP) is 0.487. The molecule has 1 aliphatic rings. The number of nitro groups is 1. The minimum Gasteiger partial charge on any atom is -0.391 e. The zero-order chi connectivity index (χ0) is 9.42. The van der Waals surface area contributed by atoms with Gasteiger partial charge in [0.05, 0.1) is 17.1 Å². The first kappa shape index (κ1) is 8.18. The zero-order valence-electron chi connectivity index (χ0n) is 6.83. The molecule has 6 nitrogen and oxygen atoms in total. The molecule has 2 unspecified atom stereocenters. The highest BCUT2D eigenvalue weighted by Crippen LogP contribution is 2.32. The van der Waals surface area contributed by atoms with Crippen molar-refractivity contribution in [2.75, 3.05) is 0 Å². The first-order chi connectivity index (χ1) is 6.18. The minimum absolute atomic E-state index is 0.0286. The molecule has 1 saturated carbocycles. The van der Waals surface area contributed by atoms with Gasteiger partial charge in [0.1, 0.15) is 12.4 Å². The molecule has 13 heavy (non-hydrogen) atoms. The molecule has 0 aliphatic heterocycles. The van der Waals surface area contributed by atoms with Crippen molar-refractivity contribution in [2.45, 2.75) is 25.0 Å². The van der Waals surface area contributed by atoms with Gasteiger partial charge in [0.15, 0.2) is 0 Å². The molecule has 2 rings (SSSR count). The van der Waals surface area contributed by atoms with Crippen molar-refractivity contribution in [2.24, 2.45) is 0 Å². The van der Waals surface area contributed by atoms with E-state index in [0.29, 0.717) is 0 Å². The molecule has 2 atom stereocenters. The van der Waals surface area contributed by atoms with Gasteiger partial charge >= 0.3 is 5.69 Å². The largest absolute Gasteiger partial charge is 0.391 e. The Kier molecular flexibility index (Phi) is 1.77. The summed E-state index contributed by atoms with van der Waals surface area (Å²) in [6.07, 6.45) is 3.73. The van der Waals surface area contributed by atoms with Crippen LogP contribution in [0.1, 0.15) is 18.9 Å². The first-order valence-electron chi connectivity index (χ1n) is 4.05. The Bertz CT molecular complexity index is 335. The third-order valence-electron chi connectivity index (χ3n) is 2.34. The van der Waals surface area contributed by atoms with Crippen LogP contribution in [0, 0.1) is 10.1 Å². The van der Waals surface area contributed by atoms with Crippen LogP contribution in [0.5, 0.6) is 0 Å². The van der Waals surface area contributed by atoms with Gasteiger partial charge in [-0.05, 0) is 12.8 Å². The van der Waals surface area contributed by atoms with Crippen LogP contribution < -0.4 is 0 Å². The van der Waals surface area contributed by atoms with Crippen LogP contribution in [0.3, 0.4) is 0 Å². The first-order valence-corrected chi connectivity index (χ1v) is 4.05. The molecule has 1 heterocycles. The molecule has 0 radical (unpaired) electrons. The molecule has 1 fully saturated rings. The molecule has 1 aromatic rings. The van der Waals surface area contributed by atoms with Gasteiger partial charge in [-0.3, -0.25) is 14.8 Å². The monoisotopic (exact) mass is 183 g/mol. The summed E-state index contributed by atoms with van der Waals surface area (Å²) in [6, 6.07) is -0.0753. The number of aliphatic hydroxyl groups excluding tert-OH is 1. The fourth-order valence-electron chi connectivity index (χ4n) is 1.38. The fraction of sp³-hybridized carbons (Fsp3) is 0.571. The Morgan fingerprint density at radius 2 is 2.46 bits per heavy atom. The van der Waals surface area contributed by atoms with E-state index in [9.17, 15) is 15.2 Å². The van der Waals surface area contributed by atoms with Crippen molar-refractivity contribution >= 4 is 5.69 Å². The maximum absolute atomic E-state index is 10.3. The van der Waals surface area contributed by atoms with Crippen LogP contribution in [0.4, 0.5) is 5.69 Å². The van der Waals surface area contributed by atoms with Crippen molar-refractivity contribution in [3.05, 3.63) is 22.5 Å². The third kappa shape index (κ3) is 1.29. The molecule has 0 amide bonds. The van der Waals surface area contributed by atoms with E-state index < -0.39 is 11.0 Å². The molecule has 0 saturated heterocycles. The van der Waals surface area contributed by atoms with Crippen LogP contribution in [-0.2, 0) is 0 Å². The van der Waals surface area contributed by atoms with Gasteiger partial charge < -0.3 is 5.11 Å². The Morgan fingerprint density at radius 1 is 1.69 bits per heavy atom. The number of hydrogen-bond acceptors (Lipinski definition) is 4. The smallest absolute Gasteiger partial charge is 0.307 e. The average molecular weight is 183 g/mol. The molecular weight excluding hydrogens is 174 g/mol. The van der Waals surface area contributed by atoms with Crippen molar-refractivity contribution in [1.29, 1.82) is 0 Å². The van der Waals surface area contributed by atoms with E-state index in [0.717, 1.165) is 12.8 Å². The van der Waals surface area contributed by atoms with E-state index in [4.69, 9.17) is 0 Å². The Hall–Kier alpha value is -1.43. The topological polar surface area (TPSA) is 81.2 Å². The fourth-order valence-corrected chi connectivity index (χ4v) is 1.38.